The third-order valence-corrected chi connectivity index (χ3v) is 2.80. The zero-order chi connectivity index (χ0) is 12.1. The Balaban J connectivity index is 2.16. The molecule has 1 aromatic heterocycles. The van der Waals surface area contributed by atoms with Crippen molar-refractivity contribution in [2.75, 3.05) is 5.32 Å². The van der Waals surface area contributed by atoms with Crippen LogP contribution in [0.4, 0.5) is 5.69 Å². The molecule has 0 aliphatic carbocycles. The Bertz CT molecular complexity index is 468. The maximum absolute atomic E-state index is 4.31. The average molecular weight is 227 g/mol. The van der Waals surface area contributed by atoms with Crippen LogP contribution in [0, 0.1) is 0 Å². The molecule has 3 heteroatoms. The molecule has 1 unspecified atom stereocenters. The predicted molar refractivity (Wildman–Crippen MR) is 69.9 cm³/mol. The number of nitrogens with one attached hydrogen (secondary N) is 1. The third-order valence-electron chi connectivity index (χ3n) is 2.80. The Morgan fingerprint density at radius 2 is 2.06 bits per heavy atom. The summed E-state index contributed by atoms with van der Waals surface area (Å²) < 4.78 is 0. The summed E-state index contributed by atoms with van der Waals surface area (Å²) in [6.07, 6.45) is 6.23. The molecular weight excluding hydrogens is 210 g/mol. The quantitative estimate of drug-likeness (QED) is 0.871. The van der Waals surface area contributed by atoms with E-state index in [1.54, 1.807) is 18.6 Å². The van der Waals surface area contributed by atoms with Gasteiger partial charge < -0.3 is 5.32 Å². The molecule has 1 N–H and O–H groups in total. The molecule has 1 aromatic carbocycles. The van der Waals surface area contributed by atoms with Crippen molar-refractivity contribution in [3.8, 4) is 0 Å². The number of aromatic nitrogens is 2. The van der Waals surface area contributed by atoms with Gasteiger partial charge in [-0.3, -0.25) is 9.97 Å². The van der Waals surface area contributed by atoms with Gasteiger partial charge in [0.25, 0.3) is 0 Å². The van der Waals surface area contributed by atoms with Crippen molar-refractivity contribution < 1.29 is 0 Å². The summed E-state index contributed by atoms with van der Waals surface area (Å²) in [5.74, 6) is 0. The van der Waals surface area contributed by atoms with E-state index in [0.717, 1.165) is 12.1 Å². The first-order chi connectivity index (χ1) is 8.31. The number of benzene rings is 1. The Kier molecular flexibility index (Phi) is 3.70. The lowest BCUT2D eigenvalue weighted by molar-refractivity contribution is 0.824. The van der Waals surface area contributed by atoms with Gasteiger partial charge in [0.2, 0.25) is 0 Å². The SMILES string of the molecule is CCc1ccccc1NC(C)c1cnccn1. The van der Waals surface area contributed by atoms with Crippen molar-refractivity contribution in [1.82, 2.24) is 9.97 Å². The largest absolute Gasteiger partial charge is 0.377 e. The van der Waals surface area contributed by atoms with Gasteiger partial charge in [-0.15, -0.1) is 0 Å². The van der Waals surface area contributed by atoms with Crippen molar-refractivity contribution in [2.24, 2.45) is 0 Å². The summed E-state index contributed by atoms with van der Waals surface area (Å²) in [6.45, 7) is 4.25. The summed E-state index contributed by atoms with van der Waals surface area (Å²) in [4.78, 5) is 8.39. The van der Waals surface area contributed by atoms with Crippen LogP contribution in [-0.4, -0.2) is 9.97 Å². The average Bonchev–Trinajstić information content (AvgIpc) is 2.40. The molecule has 0 saturated carbocycles. The van der Waals surface area contributed by atoms with Crippen LogP contribution in [-0.2, 0) is 6.42 Å². The highest BCUT2D eigenvalue weighted by Gasteiger charge is 2.08. The maximum Gasteiger partial charge on any atom is 0.0806 e. The van der Waals surface area contributed by atoms with E-state index in [9.17, 15) is 0 Å². The number of hydrogen-bond donors (Lipinski definition) is 1. The number of hydrogen-bond acceptors (Lipinski definition) is 3. The molecule has 2 rings (SSSR count). The molecule has 0 aliphatic rings. The predicted octanol–water partition coefficient (Wildman–Crippen LogP) is 3.21. The van der Waals surface area contributed by atoms with E-state index in [1.807, 2.05) is 6.07 Å². The van der Waals surface area contributed by atoms with Gasteiger partial charge >= 0.3 is 0 Å². The number of rotatable bonds is 4. The Labute approximate surface area is 102 Å². The first-order valence-corrected chi connectivity index (χ1v) is 5.91. The minimum absolute atomic E-state index is 0.163. The zero-order valence-corrected chi connectivity index (χ0v) is 10.2. The Morgan fingerprint density at radius 3 is 2.76 bits per heavy atom. The molecule has 3 nitrogen and oxygen atoms in total. The van der Waals surface area contributed by atoms with Crippen molar-refractivity contribution >= 4 is 5.69 Å². The van der Waals surface area contributed by atoms with Crippen LogP contribution in [0.25, 0.3) is 0 Å². The maximum atomic E-state index is 4.31. The molecule has 0 aliphatic heterocycles. The second-order valence-electron chi connectivity index (χ2n) is 4.01. The molecule has 0 saturated heterocycles. The van der Waals surface area contributed by atoms with Crippen molar-refractivity contribution in [1.29, 1.82) is 0 Å². The van der Waals surface area contributed by atoms with Gasteiger partial charge in [-0.05, 0) is 25.0 Å². The molecular formula is C14H17N3. The molecule has 0 radical (unpaired) electrons. The van der Waals surface area contributed by atoms with E-state index in [-0.39, 0.29) is 6.04 Å². The highest BCUT2D eigenvalue weighted by atomic mass is 14.9. The Morgan fingerprint density at radius 1 is 1.24 bits per heavy atom. The Hall–Kier alpha value is -1.90. The van der Waals surface area contributed by atoms with Gasteiger partial charge in [0.1, 0.15) is 0 Å². The fourth-order valence-corrected chi connectivity index (χ4v) is 1.81. The summed E-state index contributed by atoms with van der Waals surface area (Å²) in [5.41, 5.74) is 3.45. The van der Waals surface area contributed by atoms with Crippen molar-refractivity contribution in [3.63, 3.8) is 0 Å². The van der Waals surface area contributed by atoms with Crippen LogP contribution in [0.5, 0.6) is 0 Å². The van der Waals surface area contributed by atoms with Gasteiger partial charge in [-0.25, -0.2) is 0 Å². The highest BCUT2D eigenvalue weighted by molar-refractivity contribution is 5.52. The van der Waals surface area contributed by atoms with Crippen LogP contribution in [0.15, 0.2) is 42.9 Å². The first kappa shape index (κ1) is 11.6. The van der Waals surface area contributed by atoms with E-state index in [2.05, 4.69) is 47.3 Å². The normalized spacial score (nSPS) is 12.1. The first-order valence-electron chi connectivity index (χ1n) is 5.91. The molecule has 1 heterocycles. The van der Waals surface area contributed by atoms with Crippen molar-refractivity contribution in [2.45, 2.75) is 26.3 Å². The van der Waals surface area contributed by atoms with Crippen LogP contribution in [0.3, 0.4) is 0 Å². The second kappa shape index (κ2) is 5.43. The number of nitrogens with zero attached hydrogens (tertiary/aromatic N) is 2. The van der Waals surface area contributed by atoms with E-state index in [0.29, 0.717) is 0 Å². The monoisotopic (exact) mass is 227 g/mol. The molecule has 88 valence electrons. The van der Waals surface area contributed by atoms with Gasteiger partial charge in [0.05, 0.1) is 17.9 Å². The van der Waals surface area contributed by atoms with Gasteiger partial charge in [-0.2, -0.15) is 0 Å². The fourth-order valence-electron chi connectivity index (χ4n) is 1.81. The standard InChI is InChI=1S/C14H17N3/c1-3-12-6-4-5-7-13(12)17-11(2)14-10-15-8-9-16-14/h4-11,17H,3H2,1-2H3. The summed E-state index contributed by atoms with van der Waals surface area (Å²) in [7, 11) is 0. The van der Waals surface area contributed by atoms with Crippen molar-refractivity contribution in [3.05, 3.63) is 54.1 Å². The molecule has 2 aromatic rings. The molecule has 0 spiro atoms. The van der Waals surface area contributed by atoms with E-state index >= 15 is 0 Å². The van der Waals surface area contributed by atoms with Crippen LogP contribution in [0.1, 0.15) is 31.1 Å². The van der Waals surface area contributed by atoms with Gasteiger partial charge in [0.15, 0.2) is 0 Å². The molecule has 0 bridgehead atoms. The summed E-state index contributed by atoms with van der Waals surface area (Å²) in [5, 5.41) is 3.48. The van der Waals surface area contributed by atoms with Gasteiger partial charge in [-0.1, -0.05) is 25.1 Å². The highest BCUT2D eigenvalue weighted by Crippen LogP contribution is 2.21. The second-order valence-corrected chi connectivity index (χ2v) is 4.01. The number of para-hydroxylation sites is 1. The summed E-state index contributed by atoms with van der Waals surface area (Å²) >= 11 is 0. The minimum atomic E-state index is 0.163. The molecule has 0 fully saturated rings. The lowest BCUT2D eigenvalue weighted by Gasteiger charge is -2.16. The van der Waals surface area contributed by atoms with E-state index in [1.165, 1.54) is 11.3 Å². The molecule has 0 amide bonds. The summed E-state index contributed by atoms with van der Waals surface area (Å²) in [6, 6.07) is 8.52. The van der Waals surface area contributed by atoms with Crippen LogP contribution < -0.4 is 5.32 Å². The van der Waals surface area contributed by atoms with Crippen LogP contribution in [0.2, 0.25) is 0 Å². The fraction of sp³-hybridized carbons (Fsp3) is 0.286. The molecule has 17 heavy (non-hydrogen) atoms. The van der Waals surface area contributed by atoms with E-state index in [4.69, 9.17) is 0 Å². The zero-order valence-electron chi connectivity index (χ0n) is 10.2. The van der Waals surface area contributed by atoms with E-state index < -0.39 is 0 Å². The number of anilines is 1. The van der Waals surface area contributed by atoms with Crippen LogP contribution >= 0.6 is 0 Å². The topological polar surface area (TPSA) is 37.8 Å². The molecule has 1 atom stereocenters. The number of aryl methyl sites for hydroxylation is 1. The lowest BCUT2D eigenvalue weighted by Crippen LogP contribution is -2.10. The third kappa shape index (κ3) is 2.81. The minimum Gasteiger partial charge on any atom is -0.377 e. The lowest BCUT2D eigenvalue weighted by atomic mass is 10.1. The smallest absolute Gasteiger partial charge is 0.0806 e. The van der Waals surface area contributed by atoms with Gasteiger partial charge in [0, 0.05) is 18.1 Å².